The smallest absolute Gasteiger partial charge is 0.136 e. The standard InChI is InChI=1S/C18H23NO/c1-3-12-19-14-18(16-9-5-4-6-10-16)20-17-11-7-8-15(2)13-17/h4-11,13,18-19H,3,12,14H2,1-2H3. The molecule has 0 aliphatic rings. The van der Waals surface area contributed by atoms with Crippen LogP contribution in [0.4, 0.5) is 0 Å². The molecule has 2 heteroatoms. The van der Waals surface area contributed by atoms with Crippen LogP contribution in [-0.2, 0) is 0 Å². The molecule has 0 saturated carbocycles. The summed E-state index contributed by atoms with van der Waals surface area (Å²) in [6, 6.07) is 18.6. The summed E-state index contributed by atoms with van der Waals surface area (Å²) in [6.07, 6.45) is 1.18. The van der Waals surface area contributed by atoms with Gasteiger partial charge in [0.2, 0.25) is 0 Å². The minimum atomic E-state index is 0.0459. The molecule has 2 aromatic carbocycles. The molecule has 20 heavy (non-hydrogen) atoms. The van der Waals surface area contributed by atoms with Gasteiger partial charge in [-0.15, -0.1) is 0 Å². The van der Waals surface area contributed by atoms with E-state index >= 15 is 0 Å². The molecule has 0 aliphatic heterocycles. The fourth-order valence-electron chi connectivity index (χ4n) is 2.16. The Bertz CT molecular complexity index is 510. The summed E-state index contributed by atoms with van der Waals surface area (Å²) in [6.45, 7) is 6.10. The number of benzene rings is 2. The van der Waals surface area contributed by atoms with E-state index < -0.39 is 0 Å². The Balaban J connectivity index is 2.10. The molecule has 0 saturated heterocycles. The first-order chi connectivity index (χ1) is 9.79. The number of aryl methyl sites for hydroxylation is 1. The number of ether oxygens (including phenoxy) is 1. The Hall–Kier alpha value is -1.80. The molecular weight excluding hydrogens is 246 g/mol. The van der Waals surface area contributed by atoms with Gasteiger partial charge in [0.15, 0.2) is 0 Å². The first kappa shape index (κ1) is 14.6. The quantitative estimate of drug-likeness (QED) is 0.764. The van der Waals surface area contributed by atoms with Gasteiger partial charge in [-0.3, -0.25) is 0 Å². The maximum Gasteiger partial charge on any atom is 0.136 e. The second-order valence-electron chi connectivity index (χ2n) is 5.04. The largest absolute Gasteiger partial charge is 0.484 e. The summed E-state index contributed by atoms with van der Waals surface area (Å²) in [5, 5.41) is 3.44. The van der Waals surface area contributed by atoms with Crippen molar-refractivity contribution in [3.8, 4) is 5.75 Å². The van der Waals surface area contributed by atoms with Crippen molar-refractivity contribution >= 4 is 0 Å². The average Bonchev–Trinajstić information content (AvgIpc) is 2.47. The summed E-state index contributed by atoms with van der Waals surface area (Å²) < 4.78 is 6.17. The van der Waals surface area contributed by atoms with Gasteiger partial charge in [0.25, 0.3) is 0 Å². The molecule has 0 bridgehead atoms. The van der Waals surface area contributed by atoms with E-state index in [0.29, 0.717) is 0 Å². The number of hydrogen-bond donors (Lipinski definition) is 1. The molecule has 2 nitrogen and oxygen atoms in total. The van der Waals surface area contributed by atoms with Crippen molar-refractivity contribution in [3.05, 3.63) is 65.7 Å². The molecule has 1 unspecified atom stereocenters. The monoisotopic (exact) mass is 269 g/mol. The van der Waals surface area contributed by atoms with Crippen LogP contribution in [0, 0.1) is 6.92 Å². The Morgan fingerprint density at radius 3 is 2.55 bits per heavy atom. The van der Waals surface area contributed by atoms with Crippen molar-refractivity contribution < 1.29 is 4.74 Å². The fourth-order valence-corrected chi connectivity index (χ4v) is 2.16. The van der Waals surface area contributed by atoms with Gasteiger partial charge in [-0.2, -0.15) is 0 Å². The summed E-state index contributed by atoms with van der Waals surface area (Å²) >= 11 is 0. The summed E-state index contributed by atoms with van der Waals surface area (Å²) in [7, 11) is 0. The highest BCUT2D eigenvalue weighted by atomic mass is 16.5. The molecular formula is C18H23NO. The van der Waals surface area contributed by atoms with Gasteiger partial charge in [0.05, 0.1) is 0 Å². The molecule has 0 spiro atoms. The number of rotatable bonds is 7. The second kappa shape index (κ2) is 7.71. The highest BCUT2D eigenvalue weighted by Gasteiger charge is 2.12. The van der Waals surface area contributed by atoms with Crippen LogP contribution in [-0.4, -0.2) is 13.1 Å². The highest BCUT2D eigenvalue weighted by molar-refractivity contribution is 5.29. The van der Waals surface area contributed by atoms with E-state index in [0.717, 1.165) is 25.3 Å². The molecule has 1 N–H and O–H groups in total. The van der Waals surface area contributed by atoms with Crippen LogP contribution in [0.3, 0.4) is 0 Å². The first-order valence-corrected chi connectivity index (χ1v) is 7.28. The third kappa shape index (κ3) is 4.39. The minimum absolute atomic E-state index is 0.0459. The van der Waals surface area contributed by atoms with E-state index in [1.807, 2.05) is 18.2 Å². The van der Waals surface area contributed by atoms with E-state index in [4.69, 9.17) is 4.74 Å². The second-order valence-corrected chi connectivity index (χ2v) is 5.04. The fraction of sp³-hybridized carbons (Fsp3) is 0.333. The van der Waals surface area contributed by atoms with Crippen LogP contribution in [0.15, 0.2) is 54.6 Å². The Labute approximate surface area is 121 Å². The maximum absolute atomic E-state index is 6.17. The molecule has 1 atom stereocenters. The highest BCUT2D eigenvalue weighted by Crippen LogP contribution is 2.22. The van der Waals surface area contributed by atoms with E-state index in [9.17, 15) is 0 Å². The van der Waals surface area contributed by atoms with Crippen LogP contribution < -0.4 is 10.1 Å². The van der Waals surface area contributed by atoms with Crippen LogP contribution in [0.1, 0.15) is 30.6 Å². The lowest BCUT2D eigenvalue weighted by molar-refractivity contribution is 0.202. The molecule has 0 aliphatic carbocycles. The van der Waals surface area contributed by atoms with Crippen molar-refractivity contribution in [1.29, 1.82) is 0 Å². The van der Waals surface area contributed by atoms with Gasteiger partial charge in [-0.1, -0.05) is 49.4 Å². The van der Waals surface area contributed by atoms with E-state index in [-0.39, 0.29) is 6.10 Å². The Kier molecular flexibility index (Phi) is 5.63. The lowest BCUT2D eigenvalue weighted by atomic mass is 10.1. The lowest BCUT2D eigenvalue weighted by Crippen LogP contribution is -2.25. The predicted octanol–water partition coefficient (Wildman–Crippen LogP) is 4.11. The molecule has 2 rings (SSSR count). The van der Waals surface area contributed by atoms with Crippen LogP contribution in [0.5, 0.6) is 5.75 Å². The third-order valence-electron chi connectivity index (χ3n) is 3.20. The van der Waals surface area contributed by atoms with E-state index in [2.05, 4.69) is 55.6 Å². The normalized spacial score (nSPS) is 12.1. The molecule has 0 fully saturated rings. The average molecular weight is 269 g/mol. The van der Waals surface area contributed by atoms with Crippen molar-refractivity contribution in [2.45, 2.75) is 26.4 Å². The number of nitrogens with one attached hydrogen (secondary N) is 1. The molecule has 0 amide bonds. The number of hydrogen-bond acceptors (Lipinski definition) is 2. The third-order valence-corrected chi connectivity index (χ3v) is 3.20. The zero-order chi connectivity index (χ0) is 14.2. The molecule has 106 valence electrons. The van der Waals surface area contributed by atoms with Crippen molar-refractivity contribution in [2.24, 2.45) is 0 Å². The summed E-state index contributed by atoms with van der Waals surface area (Å²) in [5.74, 6) is 0.928. The van der Waals surface area contributed by atoms with Gasteiger partial charge < -0.3 is 10.1 Å². The van der Waals surface area contributed by atoms with E-state index in [1.165, 1.54) is 11.1 Å². The molecule has 2 aromatic rings. The molecule has 0 radical (unpaired) electrons. The minimum Gasteiger partial charge on any atom is -0.484 e. The predicted molar refractivity (Wildman–Crippen MR) is 84.2 cm³/mol. The summed E-state index contributed by atoms with van der Waals surface area (Å²) in [4.78, 5) is 0. The summed E-state index contributed by atoms with van der Waals surface area (Å²) in [5.41, 5.74) is 2.42. The molecule has 0 heterocycles. The maximum atomic E-state index is 6.17. The van der Waals surface area contributed by atoms with Crippen molar-refractivity contribution in [3.63, 3.8) is 0 Å². The SMILES string of the molecule is CCCNCC(Oc1cccc(C)c1)c1ccccc1. The Morgan fingerprint density at radius 1 is 1.05 bits per heavy atom. The Morgan fingerprint density at radius 2 is 1.85 bits per heavy atom. The van der Waals surface area contributed by atoms with Gasteiger partial charge in [-0.05, 0) is 43.1 Å². The zero-order valence-corrected chi connectivity index (χ0v) is 12.3. The van der Waals surface area contributed by atoms with Crippen LogP contribution in [0.2, 0.25) is 0 Å². The topological polar surface area (TPSA) is 21.3 Å². The lowest BCUT2D eigenvalue weighted by Gasteiger charge is -2.20. The zero-order valence-electron chi connectivity index (χ0n) is 12.3. The van der Waals surface area contributed by atoms with Crippen LogP contribution in [0.25, 0.3) is 0 Å². The molecule has 0 aromatic heterocycles. The van der Waals surface area contributed by atoms with Crippen LogP contribution >= 0.6 is 0 Å². The van der Waals surface area contributed by atoms with Gasteiger partial charge >= 0.3 is 0 Å². The van der Waals surface area contributed by atoms with Crippen molar-refractivity contribution in [2.75, 3.05) is 13.1 Å². The van der Waals surface area contributed by atoms with E-state index in [1.54, 1.807) is 0 Å². The van der Waals surface area contributed by atoms with Gasteiger partial charge in [-0.25, -0.2) is 0 Å². The van der Waals surface area contributed by atoms with Gasteiger partial charge in [0.1, 0.15) is 11.9 Å². The first-order valence-electron chi connectivity index (χ1n) is 7.28. The van der Waals surface area contributed by atoms with Gasteiger partial charge in [0, 0.05) is 6.54 Å². The van der Waals surface area contributed by atoms with Crippen molar-refractivity contribution in [1.82, 2.24) is 5.32 Å².